The van der Waals surface area contributed by atoms with Crippen molar-refractivity contribution >= 4 is 5.97 Å². The molecule has 7 rings (SSSR count). The molecule has 3 unspecified atom stereocenters. The molecule has 0 bridgehead atoms. The summed E-state index contributed by atoms with van der Waals surface area (Å²) in [6.45, 7) is 0. The predicted molar refractivity (Wildman–Crippen MR) is 135 cm³/mol. The molecule has 3 atom stereocenters. The molecule has 13 heteroatoms. The second-order valence-electron chi connectivity index (χ2n) is 10.7. The number of rotatable bonds is 7. The third kappa shape index (κ3) is 6.45. The van der Waals surface area contributed by atoms with Crippen LogP contribution in [0.5, 0.6) is 28.7 Å². The van der Waals surface area contributed by atoms with E-state index in [1.54, 1.807) is 18.2 Å². The Morgan fingerprint density at radius 1 is 0.767 bits per heavy atom. The summed E-state index contributed by atoms with van der Waals surface area (Å²) in [7, 11) is 0. The number of carboxylic acids is 1. The van der Waals surface area contributed by atoms with Gasteiger partial charge >= 0.3 is 18.3 Å². The van der Waals surface area contributed by atoms with E-state index >= 15 is 0 Å². The van der Waals surface area contributed by atoms with Gasteiger partial charge in [-0.15, -0.1) is 0 Å². The van der Waals surface area contributed by atoms with Crippen molar-refractivity contribution in [3.63, 3.8) is 0 Å². The van der Waals surface area contributed by atoms with E-state index in [2.05, 4.69) is 0 Å². The van der Waals surface area contributed by atoms with E-state index in [4.69, 9.17) is 24.1 Å². The molecule has 1 N–H and O–H groups in total. The zero-order valence-corrected chi connectivity index (χ0v) is 22.0. The number of halogens is 7. The molecule has 6 nitrogen and oxygen atoms in total. The van der Waals surface area contributed by atoms with Gasteiger partial charge in [0.15, 0.2) is 23.1 Å². The first kappa shape index (κ1) is 28.9. The normalized spacial score (nSPS) is 21.9. The molecule has 3 aromatic carbocycles. The molecule has 0 radical (unpaired) electrons. The highest BCUT2D eigenvalue weighted by Gasteiger charge is 2.63. The number of hydrogen-bond acceptors (Lipinski definition) is 5. The monoisotopic (exact) mass is 612 g/mol. The van der Waals surface area contributed by atoms with Crippen LogP contribution < -0.4 is 18.9 Å². The Balaban J connectivity index is 0.000000185. The van der Waals surface area contributed by atoms with E-state index < -0.39 is 41.2 Å². The van der Waals surface area contributed by atoms with Gasteiger partial charge < -0.3 is 24.1 Å². The van der Waals surface area contributed by atoms with Crippen LogP contribution in [-0.2, 0) is 17.1 Å². The largest absolute Gasteiger partial charge is 0.488 e. The average Bonchev–Trinajstić information content (AvgIpc) is 3.83. The minimum Gasteiger partial charge on any atom is -0.488 e. The van der Waals surface area contributed by atoms with Crippen LogP contribution in [0.1, 0.15) is 48.3 Å². The summed E-state index contributed by atoms with van der Waals surface area (Å²) >= 11 is 0. The van der Waals surface area contributed by atoms with Gasteiger partial charge in [-0.3, -0.25) is 4.79 Å². The minimum absolute atomic E-state index is 0.0486. The van der Waals surface area contributed by atoms with Gasteiger partial charge in [0.05, 0.1) is 23.3 Å². The molecule has 1 aliphatic heterocycles. The number of carboxylic acid groups (broad SMARTS) is 1. The summed E-state index contributed by atoms with van der Waals surface area (Å²) < 4.78 is 111. The highest BCUT2D eigenvalue weighted by Crippen LogP contribution is 2.59. The van der Waals surface area contributed by atoms with Crippen molar-refractivity contribution < 1.29 is 59.6 Å². The van der Waals surface area contributed by atoms with E-state index in [9.17, 15) is 35.5 Å². The summed E-state index contributed by atoms with van der Waals surface area (Å²) in [5, 5.41) is 9.12. The maximum Gasteiger partial charge on any atom is 0.416 e. The lowest BCUT2D eigenvalue weighted by Gasteiger charge is -2.15. The lowest BCUT2D eigenvalue weighted by molar-refractivity contribution is -0.139. The fraction of sp³-hybridized carbons (Fsp3) is 0.367. The summed E-state index contributed by atoms with van der Waals surface area (Å²) in [4.78, 5) is 11.1. The number of alkyl halides is 6. The second-order valence-corrected chi connectivity index (χ2v) is 10.7. The average molecular weight is 612 g/mol. The molecule has 0 saturated heterocycles. The number of ether oxygens (including phenoxy) is 4. The number of benzene rings is 3. The van der Waals surface area contributed by atoms with Gasteiger partial charge in [0.1, 0.15) is 23.5 Å². The molecule has 0 spiro atoms. The lowest BCUT2D eigenvalue weighted by atomic mass is 10.1. The summed E-state index contributed by atoms with van der Waals surface area (Å²) in [6, 6.07) is 10.3. The smallest absolute Gasteiger partial charge is 0.416 e. The minimum atomic E-state index is -4.47. The fourth-order valence-electron chi connectivity index (χ4n) is 4.69. The second kappa shape index (κ2) is 10.5. The van der Waals surface area contributed by atoms with E-state index in [1.807, 2.05) is 0 Å². The number of carbonyl (C=O) groups is 1. The fourth-order valence-corrected chi connectivity index (χ4v) is 4.69. The van der Waals surface area contributed by atoms with Crippen LogP contribution >= 0.6 is 0 Å². The van der Waals surface area contributed by atoms with Crippen LogP contribution in [0.2, 0.25) is 0 Å². The SMILES string of the molecule is Fc1ccc(C(F)(F)F)cc1OC1CC1.O=C(O)C1C2Oc3cc(Oc4ccc(C(F)(F)F)cc4OC4CC4)ccc3C21. The van der Waals surface area contributed by atoms with E-state index in [0.717, 1.165) is 49.4 Å². The van der Waals surface area contributed by atoms with Crippen molar-refractivity contribution in [3.05, 3.63) is 77.1 Å². The van der Waals surface area contributed by atoms with Gasteiger partial charge in [-0.2, -0.15) is 26.3 Å². The van der Waals surface area contributed by atoms with Crippen LogP contribution in [0, 0.1) is 11.7 Å². The summed E-state index contributed by atoms with van der Waals surface area (Å²) in [5.74, 6) is -1.46. The molecular formula is C30H23F7O6. The van der Waals surface area contributed by atoms with Crippen molar-refractivity contribution in [3.8, 4) is 28.7 Å². The van der Waals surface area contributed by atoms with Crippen molar-refractivity contribution in [1.29, 1.82) is 0 Å². The van der Waals surface area contributed by atoms with Crippen molar-refractivity contribution in [1.82, 2.24) is 0 Å². The van der Waals surface area contributed by atoms with Gasteiger partial charge in [0.25, 0.3) is 0 Å². The predicted octanol–water partition coefficient (Wildman–Crippen LogP) is 7.98. The molecular weight excluding hydrogens is 589 g/mol. The van der Waals surface area contributed by atoms with Gasteiger partial charge in [-0.1, -0.05) is 6.07 Å². The first-order valence-electron chi connectivity index (χ1n) is 13.4. The molecule has 228 valence electrons. The van der Waals surface area contributed by atoms with Gasteiger partial charge in [-0.05, 0) is 68.1 Å². The van der Waals surface area contributed by atoms with E-state index in [-0.39, 0.29) is 41.5 Å². The number of aliphatic carboxylic acids is 1. The molecule has 1 heterocycles. The summed E-state index contributed by atoms with van der Waals surface area (Å²) in [5.41, 5.74) is -0.876. The molecule has 4 aliphatic rings. The molecule has 3 saturated carbocycles. The van der Waals surface area contributed by atoms with Crippen molar-refractivity contribution in [2.24, 2.45) is 5.92 Å². The maximum absolute atomic E-state index is 13.1. The third-order valence-electron chi connectivity index (χ3n) is 7.24. The quantitative estimate of drug-likeness (QED) is 0.273. The van der Waals surface area contributed by atoms with Crippen molar-refractivity contribution in [2.75, 3.05) is 0 Å². The van der Waals surface area contributed by atoms with E-state index in [0.29, 0.717) is 23.6 Å². The first-order chi connectivity index (χ1) is 20.3. The van der Waals surface area contributed by atoms with Crippen LogP contribution in [-0.4, -0.2) is 29.4 Å². The zero-order valence-electron chi connectivity index (χ0n) is 22.0. The first-order valence-corrected chi connectivity index (χ1v) is 13.4. The number of hydrogen-bond donors (Lipinski definition) is 1. The zero-order chi connectivity index (χ0) is 30.7. The van der Waals surface area contributed by atoms with Crippen LogP contribution in [0.15, 0.2) is 54.6 Å². The Bertz CT molecular complexity index is 1540. The Hall–Kier alpha value is -4.16. The third-order valence-corrected chi connectivity index (χ3v) is 7.24. The lowest BCUT2D eigenvalue weighted by Crippen LogP contribution is -2.08. The Morgan fingerprint density at radius 3 is 1.93 bits per heavy atom. The van der Waals surface area contributed by atoms with E-state index in [1.165, 1.54) is 6.07 Å². The number of fused-ring (bicyclic) bond motifs is 3. The standard InChI is InChI=1S/C20H15F3O5.C10H8F4O/c21-20(22,23)9-1-6-13(15(7-9)26-10-2-3-10)27-11-4-5-12-14(8-11)28-18-16(12)17(18)19(24)25;11-8-4-1-6(10(12,13)14)5-9(8)15-7-2-3-7/h1,4-8,10,16-18H,2-3H2,(H,24,25);1,4-5,7H,2-3H2. The van der Waals surface area contributed by atoms with Gasteiger partial charge in [0.2, 0.25) is 0 Å². The Kier molecular flexibility index (Phi) is 7.09. The van der Waals surface area contributed by atoms with Gasteiger partial charge in [0, 0.05) is 17.5 Å². The van der Waals surface area contributed by atoms with Gasteiger partial charge in [-0.25, -0.2) is 4.39 Å². The maximum atomic E-state index is 13.1. The molecule has 0 aromatic heterocycles. The summed E-state index contributed by atoms with van der Waals surface area (Å²) in [6.07, 6.45) is -6.35. The van der Waals surface area contributed by atoms with Crippen molar-refractivity contribution in [2.45, 2.75) is 62.3 Å². The highest BCUT2D eigenvalue weighted by atomic mass is 19.4. The Labute approximate surface area is 239 Å². The van der Waals surface area contributed by atoms with Crippen LogP contribution in [0.25, 0.3) is 0 Å². The molecule has 3 aliphatic carbocycles. The molecule has 43 heavy (non-hydrogen) atoms. The molecule has 3 aromatic rings. The molecule has 0 amide bonds. The molecule has 3 fully saturated rings. The van der Waals surface area contributed by atoms with Crippen LogP contribution in [0.3, 0.4) is 0 Å². The Morgan fingerprint density at radius 2 is 1.35 bits per heavy atom. The van der Waals surface area contributed by atoms with Crippen LogP contribution in [0.4, 0.5) is 30.7 Å². The highest BCUT2D eigenvalue weighted by molar-refractivity contribution is 5.79. The topological polar surface area (TPSA) is 74.2 Å².